The van der Waals surface area contributed by atoms with Gasteiger partial charge in [0.15, 0.2) is 0 Å². The van der Waals surface area contributed by atoms with E-state index in [4.69, 9.17) is 9.29 Å². The van der Waals surface area contributed by atoms with Crippen molar-refractivity contribution in [3.63, 3.8) is 0 Å². The Labute approximate surface area is 144 Å². The molecular formula is C14H13N2O7S2. The smallest absolute Gasteiger partial charge is 0.296 e. The topological polar surface area (TPSA) is 143 Å². The van der Waals surface area contributed by atoms with E-state index in [0.717, 1.165) is 18.2 Å². The maximum absolute atomic E-state index is 11.4. The van der Waals surface area contributed by atoms with Gasteiger partial charge in [-0.15, -0.1) is 5.11 Å². The maximum Gasteiger partial charge on any atom is 0.296 e. The van der Waals surface area contributed by atoms with E-state index in [1.807, 2.05) is 0 Å². The van der Waals surface area contributed by atoms with E-state index < -0.39 is 35.7 Å². The highest BCUT2D eigenvalue weighted by atomic mass is 32.2. The van der Waals surface area contributed by atoms with Gasteiger partial charge in [-0.2, -0.15) is 21.9 Å². The molecule has 9 nitrogen and oxygen atoms in total. The summed E-state index contributed by atoms with van der Waals surface area (Å²) in [6.07, 6.45) is 0. The molecule has 1 radical (unpaired) electrons. The molecule has 133 valence electrons. The molecule has 0 fully saturated rings. The van der Waals surface area contributed by atoms with Gasteiger partial charge in [-0.1, -0.05) is 0 Å². The summed E-state index contributed by atoms with van der Waals surface area (Å²) in [6, 6.07) is 8.29. The number of nitrogens with zero attached hydrogens (tertiary/aromatic N) is 2. The summed E-state index contributed by atoms with van der Waals surface area (Å²) >= 11 is 0. The molecule has 2 rings (SSSR count). The Hall–Kier alpha value is -2.34. The molecule has 0 unspecified atom stereocenters. The molecule has 0 saturated heterocycles. The van der Waals surface area contributed by atoms with Crippen LogP contribution in [0.3, 0.4) is 0 Å². The van der Waals surface area contributed by atoms with Gasteiger partial charge in [0.05, 0.1) is 17.7 Å². The summed E-state index contributed by atoms with van der Waals surface area (Å²) in [7, 11) is -7.85. The summed E-state index contributed by atoms with van der Waals surface area (Å²) in [6.45, 7) is 1.70. The lowest BCUT2D eigenvalue weighted by atomic mass is 10.2. The first-order valence-corrected chi connectivity index (χ1v) is 9.47. The van der Waals surface area contributed by atoms with E-state index in [1.165, 1.54) is 13.2 Å². The molecule has 0 aliphatic rings. The number of methoxy groups -OCH3 is 1. The molecule has 0 saturated carbocycles. The van der Waals surface area contributed by atoms with Crippen molar-refractivity contribution in [2.24, 2.45) is 10.2 Å². The zero-order valence-electron chi connectivity index (χ0n) is 13.0. The van der Waals surface area contributed by atoms with Crippen LogP contribution in [0.5, 0.6) is 5.75 Å². The van der Waals surface area contributed by atoms with Crippen LogP contribution in [0.25, 0.3) is 0 Å². The van der Waals surface area contributed by atoms with Crippen LogP contribution < -0.4 is 4.74 Å². The Morgan fingerprint density at radius 1 is 1.00 bits per heavy atom. The summed E-state index contributed by atoms with van der Waals surface area (Å²) in [5.74, 6) is 0.362. The second-order valence-electron chi connectivity index (χ2n) is 4.85. The van der Waals surface area contributed by atoms with Crippen molar-refractivity contribution >= 4 is 31.6 Å². The van der Waals surface area contributed by atoms with Crippen LogP contribution in [0.4, 0.5) is 11.4 Å². The monoisotopic (exact) mass is 385 g/mol. The molecule has 2 N–H and O–H groups in total. The summed E-state index contributed by atoms with van der Waals surface area (Å²) in [4.78, 5) is -1.25. The van der Waals surface area contributed by atoms with Crippen molar-refractivity contribution < 1.29 is 30.7 Å². The first-order valence-electron chi connectivity index (χ1n) is 6.59. The number of ether oxygens (including phenoxy) is 1. The highest BCUT2D eigenvalue weighted by molar-refractivity contribution is 7.86. The zero-order valence-corrected chi connectivity index (χ0v) is 14.7. The molecule has 25 heavy (non-hydrogen) atoms. The van der Waals surface area contributed by atoms with Gasteiger partial charge >= 0.3 is 0 Å². The van der Waals surface area contributed by atoms with Crippen LogP contribution in [0.2, 0.25) is 0 Å². The number of aryl methyl sites for hydroxylation is 1. The fraction of sp³-hybridized carbons (Fsp3) is 0.143. The summed E-state index contributed by atoms with van der Waals surface area (Å²) in [5.41, 5.74) is 0.502. The maximum atomic E-state index is 11.4. The quantitative estimate of drug-likeness (QED) is 0.595. The van der Waals surface area contributed by atoms with Crippen LogP contribution in [-0.2, 0) is 20.2 Å². The van der Waals surface area contributed by atoms with Gasteiger partial charge < -0.3 is 4.74 Å². The average molecular weight is 385 g/mol. The number of hydrogen-bond donors (Lipinski definition) is 2. The molecule has 11 heteroatoms. The Kier molecular flexibility index (Phi) is 5.23. The van der Waals surface area contributed by atoms with Crippen LogP contribution in [0, 0.1) is 13.0 Å². The number of hydrogen-bond acceptors (Lipinski definition) is 7. The first-order chi connectivity index (χ1) is 11.5. The Morgan fingerprint density at radius 2 is 1.64 bits per heavy atom. The normalized spacial score (nSPS) is 12.5. The fourth-order valence-corrected chi connectivity index (χ4v) is 2.92. The Morgan fingerprint density at radius 3 is 2.20 bits per heavy atom. The number of benzene rings is 2. The van der Waals surface area contributed by atoms with Crippen molar-refractivity contribution in [3.8, 4) is 5.75 Å². The Balaban J connectivity index is 2.61. The van der Waals surface area contributed by atoms with Crippen LogP contribution in [-0.4, -0.2) is 33.1 Å². The van der Waals surface area contributed by atoms with E-state index in [9.17, 15) is 21.4 Å². The van der Waals surface area contributed by atoms with Crippen molar-refractivity contribution in [2.45, 2.75) is 16.7 Å². The van der Waals surface area contributed by atoms with Gasteiger partial charge in [-0.05, 0) is 36.8 Å². The van der Waals surface area contributed by atoms with Crippen LogP contribution >= 0.6 is 0 Å². The molecule has 0 aromatic heterocycles. The molecule has 0 bridgehead atoms. The molecule has 0 atom stereocenters. The van der Waals surface area contributed by atoms with Gasteiger partial charge in [0.2, 0.25) is 0 Å². The van der Waals surface area contributed by atoms with E-state index in [0.29, 0.717) is 17.0 Å². The summed E-state index contributed by atoms with van der Waals surface area (Å²) < 4.78 is 68.5. The van der Waals surface area contributed by atoms with E-state index >= 15 is 0 Å². The van der Waals surface area contributed by atoms with E-state index in [1.54, 1.807) is 13.0 Å². The third-order valence-corrected chi connectivity index (χ3v) is 4.85. The number of rotatable bonds is 5. The predicted octanol–water partition coefficient (Wildman–Crippen LogP) is 2.71. The van der Waals surface area contributed by atoms with Crippen molar-refractivity contribution in [1.29, 1.82) is 0 Å². The van der Waals surface area contributed by atoms with Crippen molar-refractivity contribution in [1.82, 2.24) is 0 Å². The molecule has 0 amide bonds. The SMILES string of the molecule is COc1[c]cc(C)c(/N=N/c2cc(S(=O)(=O)O)ccc2S(=O)(=O)O)c1. The van der Waals surface area contributed by atoms with E-state index in [-0.39, 0.29) is 0 Å². The van der Waals surface area contributed by atoms with Crippen molar-refractivity contribution in [3.05, 3.63) is 42.0 Å². The minimum absolute atomic E-state index is 0.314. The molecular weight excluding hydrogens is 372 g/mol. The molecule has 0 aliphatic heterocycles. The second kappa shape index (κ2) is 6.88. The van der Waals surface area contributed by atoms with E-state index in [2.05, 4.69) is 16.3 Å². The average Bonchev–Trinajstić information content (AvgIpc) is 2.52. The molecule has 2 aromatic carbocycles. The van der Waals surface area contributed by atoms with Crippen LogP contribution in [0.15, 0.2) is 50.4 Å². The minimum atomic E-state index is -4.68. The van der Waals surface area contributed by atoms with Gasteiger partial charge in [0.1, 0.15) is 16.3 Å². The lowest BCUT2D eigenvalue weighted by molar-refractivity contribution is 0.414. The van der Waals surface area contributed by atoms with Gasteiger partial charge in [0, 0.05) is 12.1 Å². The molecule has 0 spiro atoms. The second-order valence-corrected chi connectivity index (χ2v) is 7.66. The largest absolute Gasteiger partial charge is 0.496 e. The number of azo groups is 1. The lowest BCUT2D eigenvalue weighted by Gasteiger charge is -2.05. The van der Waals surface area contributed by atoms with Crippen LogP contribution in [0.1, 0.15) is 5.56 Å². The molecule has 2 aromatic rings. The van der Waals surface area contributed by atoms with Gasteiger partial charge in [-0.25, -0.2) is 0 Å². The zero-order chi connectivity index (χ0) is 18.8. The van der Waals surface area contributed by atoms with Crippen molar-refractivity contribution in [2.75, 3.05) is 7.11 Å². The minimum Gasteiger partial charge on any atom is -0.496 e. The third-order valence-electron chi connectivity index (χ3n) is 3.09. The Bertz CT molecular complexity index is 1040. The summed E-state index contributed by atoms with van der Waals surface area (Å²) in [5, 5.41) is 7.55. The molecule has 0 aliphatic carbocycles. The third kappa shape index (κ3) is 4.60. The highest BCUT2D eigenvalue weighted by Crippen LogP contribution is 2.31. The fourth-order valence-electron chi connectivity index (χ4n) is 1.82. The standard InChI is InChI=1S/C14H13N2O7S2/c1-9-3-4-10(23-2)7-12(9)15-16-13-8-11(24(17,18)19)5-6-14(13)25(20,21)22/h3,5-8H,1-2H3,(H,17,18,19)(H,20,21,22)/b16-15+. The first kappa shape index (κ1) is 19.0. The predicted molar refractivity (Wildman–Crippen MR) is 86.8 cm³/mol. The lowest BCUT2D eigenvalue weighted by Crippen LogP contribution is -2.02. The molecule has 0 heterocycles. The van der Waals surface area contributed by atoms with Gasteiger partial charge in [0.25, 0.3) is 20.2 Å². The van der Waals surface area contributed by atoms with Gasteiger partial charge in [-0.3, -0.25) is 9.11 Å². The highest BCUT2D eigenvalue weighted by Gasteiger charge is 2.19.